The first kappa shape index (κ1) is 15.7. The Labute approximate surface area is 139 Å². The average molecular weight is 325 g/mol. The molecule has 1 N–H and O–H groups in total. The lowest BCUT2D eigenvalue weighted by molar-refractivity contribution is 0.253. The van der Waals surface area contributed by atoms with Crippen molar-refractivity contribution in [3.05, 3.63) is 59.1 Å². The lowest BCUT2D eigenvalue weighted by atomic mass is 10.2. The zero-order valence-corrected chi connectivity index (χ0v) is 13.6. The van der Waals surface area contributed by atoms with E-state index in [9.17, 15) is 0 Å². The van der Waals surface area contributed by atoms with Gasteiger partial charge in [0.25, 0.3) is 0 Å². The quantitative estimate of drug-likeness (QED) is 0.645. The largest absolute Gasteiger partial charge is 0.494 e. The van der Waals surface area contributed by atoms with Crippen molar-refractivity contribution in [1.82, 2.24) is 4.98 Å². The summed E-state index contributed by atoms with van der Waals surface area (Å²) in [4.78, 5) is 4.60. The molecule has 0 spiro atoms. The second-order valence-electron chi connectivity index (χ2n) is 5.20. The maximum atomic E-state index is 8.77. The summed E-state index contributed by atoms with van der Waals surface area (Å²) in [6.07, 6.45) is 5.73. The molecule has 0 fully saturated rings. The number of aliphatic hydroxyl groups is 1. The molecule has 3 aromatic rings. The van der Waals surface area contributed by atoms with Crippen LogP contribution in [0, 0.1) is 0 Å². The Morgan fingerprint density at radius 3 is 2.83 bits per heavy atom. The number of hydrogen-bond acceptors (Lipinski definition) is 4. The predicted molar refractivity (Wildman–Crippen MR) is 96.8 cm³/mol. The topological polar surface area (TPSA) is 42.4 Å². The number of thiazole rings is 1. The van der Waals surface area contributed by atoms with Gasteiger partial charge in [-0.15, -0.1) is 11.3 Å². The number of aromatic nitrogens is 1. The van der Waals surface area contributed by atoms with Crippen LogP contribution >= 0.6 is 11.3 Å². The molecule has 0 saturated carbocycles. The Hall–Kier alpha value is -2.17. The van der Waals surface area contributed by atoms with Gasteiger partial charge in [0, 0.05) is 6.61 Å². The summed E-state index contributed by atoms with van der Waals surface area (Å²) >= 11 is 1.69. The van der Waals surface area contributed by atoms with Crippen LogP contribution in [-0.4, -0.2) is 23.3 Å². The first-order valence-corrected chi connectivity index (χ1v) is 8.54. The van der Waals surface area contributed by atoms with Gasteiger partial charge in [-0.25, -0.2) is 4.98 Å². The highest BCUT2D eigenvalue weighted by Gasteiger charge is 2.00. The standard InChI is InChI=1S/C19H19NO2S/c21-12-3-4-13-22-16-7-5-6-15(14-16)10-11-19-20-17-8-1-2-9-18(17)23-19/h1-2,5-11,14,21H,3-4,12-13H2/b11-10+. The van der Waals surface area contributed by atoms with E-state index in [1.807, 2.05) is 48.5 Å². The van der Waals surface area contributed by atoms with Gasteiger partial charge in [0.1, 0.15) is 10.8 Å². The first-order valence-electron chi connectivity index (χ1n) is 7.72. The van der Waals surface area contributed by atoms with Gasteiger partial charge in [-0.1, -0.05) is 30.3 Å². The third-order valence-corrected chi connectivity index (χ3v) is 4.41. The molecule has 0 radical (unpaired) electrons. The normalized spacial score (nSPS) is 11.3. The third kappa shape index (κ3) is 4.41. The number of para-hydroxylation sites is 1. The second kappa shape index (κ2) is 7.90. The van der Waals surface area contributed by atoms with Crippen LogP contribution in [0.2, 0.25) is 0 Å². The van der Waals surface area contributed by atoms with Crippen molar-refractivity contribution in [2.45, 2.75) is 12.8 Å². The second-order valence-corrected chi connectivity index (χ2v) is 6.27. The van der Waals surface area contributed by atoms with E-state index in [4.69, 9.17) is 9.84 Å². The number of benzene rings is 2. The molecule has 3 nitrogen and oxygen atoms in total. The Morgan fingerprint density at radius 1 is 1.04 bits per heavy atom. The van der Waals surface area contributed by atoms with E-state index in [0.717, 1.165) is 34.7 Å². The van der Waals surface area contributed by atoms with Gasteiger partial charge in [-0.3, -0.25) is 0 Å². The highest BCUT2D eigenvalue weighted by Crippen LogP contribution is 2.23. The van der Waals surface area contributed by atoms with Crippen LogP contribution in [0.25, 0.3) is 22.4 Å². The van der Waals surface area contributed by atoms with E-state index >= 15 is 0 Å². The molecule has 1 heterocycles. The lowest BCUT2D eigenvalue weighted by Gasteiger charge is -2.06. The number of nitrogens with zero attached hydrogens (tertiary/aromatic N) is 1. The summed E-state index contributed by atoms with van der Waals surface area (Å²) < 4.78 is 6.89. The molecule has 0 aliphatic heterocycles. The predicted octanol–water partition coefficient (Wildman–Crippen LogP) is 4.62. The van der Waals surface area contributed by atoms with Crippen molar-refractivity contribution in [1.29, 1.82) is 0 Å². The molecule has 0 unspecified atom stereocenters. The van der Waals surface area contributed by atoms with Gasteiger partial charge in [-0.2, -0.15) is 0 Å². The van der Waals surface area contributed by atoms with Gasteiger partial charge in [0.05, 0.1) is 16.8 Å². The minimum atomic E-state index is 0.217. The summed E-state index contributed by atoms with van der Waals surface area (Å²) in [6, 6.07) is 16.2. The van der Waals surface area contributed by atoms with Gasteiger partial charge >= 0.3 is 0 Å². The maximum absolute atomic E-state index is 8.77. The Morgan fingerprint density at radius 2 is 1.96 bits per heavy atom. The summed E-state index contributed by atoms with van der Waals surface area (Å²) in [5, 5.41) is 9.77. The molecule has 0 atom stereocenters. The van der Waals surface area contributed by atoms with E-state index in [1.54, 1.807) is 11.3 Å². The van der Waals surface area contributed by atoms with Gasteiger partial charge in [0.2, 0.25) is 0 Å². The van der Waals surface area contributed by atoms with E-state index < -0.39 is 0 Å². The zero-order chi connectivity index (χ0) is 15.9. The van der Waals surface area contributed by atoms with Gasteiger partial charge in [-0.05, 0) is 48.7 Å². The summed E-state index contributed by atoms with van der Waals surface area (Å²) in [5.74, 6) is 0.856. The van der Waals surface area contributed by atoms with E-state index in [0.29, 0.717) is 6.61 Å². The summed E-state index contributed by atoms with van der Waals surface area (Å²) in [5.41, 5.74) is 2.13. The molecule has 0 aliphatic rings. The van der Waals surface area contributed by atoms with E-state index in [2.05, 4.69) is 17.1 Å². The van der Waals surface area contributed by atoms with Crippen molar-refractivity contribution < 1.29 is 9.84 Å². The highest BCUT2D eigenvalue weighted by molar-refractivity contribution is 7.19. The molecular formula is C19H19NO2S. The molecule has 4 heteroatoms. The SMILES string of the molecule is OCCCCOc1cccc(/C=C/c2nc3ccccc3s2)c1. The Bertz CT molecular complexity index is 762. The zero-order valence-electron chi connectivity index (χ0n) is 12.8. The van der Waals surface area contributed by atoms with Crippen LogP contribution in [0.3, 0.4) is 0 Å². The van der Waals surface area contributed by atoms with Crippen LogP contribution in [-0.2, 0) is 0 Å². The minimum Gasteiger partial charge on any atom is -0.494 e. The fourth-order valence-electron chi connectivity index (χ4n) is 2.24. The molecule has 2 aromatic carbocycles. The van der Waals surface area contributed by atoms with Crippen LogP contribution in [0.1, 0.15) is 23.4 Å². The Balaban J connectivity index is 1.67. The van der Waals surface area contributed by atoms with Crippen molar-refractivity contribution in [2.75, 3.05) is 13.2 Å². The molecule has 118 valence electrons. The van der Waals surface area contributed by atoms with E-state index in [1.165, 1.54) is 4.70 Å². The molecule has 0 saturated heterocycles. The van der Waals surface area contributed by atoms with Gasteiger partial charge in [0.15, 0.2) is 0 Å². The number of hydrogen-bond donors (Lipinski definition) is 1. The van der Waals surface area contributed by atoms with Crippen LogP contribution in [0.5, 0.6) is 5.75 Å². The number of ether oxygens (including phenoxy) is 1. The molecule has 0 aliphatic carbocycles. The third-order valence-electron chi connectivity index (χ3n) is 3.41. The minimum absolute atomic E-state index is 0.217. The maximum Gasteiger partial charge on any atom is 0.119 e. The van der Waals surface area contributed by atoms with Crippen LogP contribution in [0.15, 0.2) is 48.5 Å². The molecule has 0 bridgehead atoms. The fraction of sp³-hybridized carbons (Fsp3) is 0.211. The van der Waals surface area contributed by atoms with Crippen molar-refractivity contribution in [2.24, 2.45) is 0 Å². The van der Waals surface area contributed by atoms with Crippen molar-refractivity contribution in [3.8, 4) is 5.75 Å². The molecule has 1 aromatic heterocycles. The lowest BCUT2D eigenvalue weighted by Crippen LogP contribution is -1.98. The number of rotatable bonds is 7. The smallest absolute Gasteiger partial charge is 0.119 e. The fourth-order valence-corrected chi connectivity index (χ4v) is 3.11. The number of unbranched alkanes of at least 4 members (excludes halogenated alkanes) is 1. The number of fused-ring (bicyclic) bond motifs is 1. The van der Waals surface area contributed by atoms with Crippen molar-refractivity contribution >= 4 is 33.7 Å². The first-order chi connectivity index (χ1) is 11.3. The summed E-state index contributed by atoms with van der Waals surface area (Å²) in [7, 11) is 0. The molecule has 23 heavy (non-hydrogen) atoms. The molecular weight excluding hydrogens is 306 g/mol. The average Bonchev–Trinajstić information content (AvgIpc) is 3.00. The van der Waals surface area contributed by atoms with Crippen LogP contribution < -0.4 is 4.74 Å². The number of aliphatic hydroxyl groups excluding tert-OH is 1. The summed E-state index contributed by atoms with van der Waals surface area (Å²) in [6.45, 7) is 0.847. The van der Waals surface area contributed by atoms with E-state index in [-0.39, 0.29) is 6.61 Å². The van der Waals surface area contributed by atoms with Crippen molar-refractivity contribution in [3.63, 3.8) is 0 Å². The monoisotopic (exact) mass is 325 g/mol. The molecule has 0 amide bonds. The van der Waals surface area contributed by atoms with Crippen LogP contribution in [0.4, 0.5) is 0 Å². The Kier molecular flexibility index (Phi) is 5.40. The van der Waals surface area contributed by atoms with Gasteiger partial charge < -0.3 is 9.84 Å². The highest BCUT2D eigenvalue weighted by atomic mass is 32.1. The molecule has 3 rings (SSSR count).